The van der Waals surface area contributed by atoms with E-state index in [9.17, 15) is 23.3 Å². The van der Waals surface area contributed by atoms with Gasteiger partial charge in [0.1, 0.15) is 6.61 Å². The van der Waals surface area contributed by atoms with E-state index < -0.39 is 20.6 Å². The Morgan fingerprint density at radius 3 is 2.23 bits per heavy atom. The quantitative estimate of drug-likeness (QED) is 0.321. The predicted molar refractivity (Wildman–Crippen MR) is 118 cm³/mol. The van der Waals surface area contributed by atoms with Gasteiger partial charge < -0.3 is 4.74 Å². The zero-order chi connectivity index (χ0) is 23.5. The number of Topliss-reactive ketones (excluding diaryl/α,β-unsaturated/α-hetero) is 1. The van der Waals surface area contributed by atoms with Crippen LogP contribution in [0.2, 0.25) is 0 Å². The summed E-state index contributed by atoms with van der Waals surface area (Å²) in [4.78, 5) is 22.8. The van der Waals surface area contributed by atoms with Crippen LogP contribution < -0.4 is 4.74 Å². The molecule has 8 nitrogen and oxygen atoms in total. The van der Waals surface area contributed by atoms with Crippen LogP contribution >= 0.6 is 0 Å². The smallest absolute Gasteiger partial charge is 0.312 e. The van der Waals surface area contributed by atoms with Crippen LogP contribution in [0.1, 0.15) is 53.4 Å². The molecule has 2 aromatic rings. The van der Waals surface area contributed by atoms with Gasteiger partial charge in [0.05, 0.1) is 9.82 Å². The number of hydrogen-bond acceptors (Lipinski definition) is 6. The largest absolute Gasteiger partial charge is 0.482 e. The van der Waals surface area contributed by atoms with Crippen molar-refractivity contribution < 1.29 is 22.9 Å². The first kappa shape index (κ1) is 24.5. The second kappa shape index (κ2) is 9.57. The van der Waals surface area contributed by atoms with Crippen LogP contribution in [0.15, 0.2) is 29.2 Å². The van der Waals surface area contributed by atoms with Gasteiger partial charge in [0, 0.05) is 24.7 Å². The number of ketones is 1. The minimum absolute atomic E-state index is 0.0151. The van der Waals surface area contributed by atoms with Crippen LogP contribution in [-0.4, -0.2) is 36.5 Å². The number of rotatable bonds is 9. The predicted octanol–water partition coefficient (Wildman–Crippen LogP) is 4.33. The number of nitro groups is 1. The average Bonchev–Trinajstić information content (AvgIpc) is 2.67. The molecule has 0 N–H and O–H groups in total. The SMILES string of the molecule is CCN(CC)S(=O)(=O)c1ccc(OCc2c(C)cc(C)c(C(C)=O)c2C)c([N+](=O)[O-])c1. The molecular weight excluding hydrogens is 420 g/mol. The molecule has 0 saturated heterocycles. The van der Waals surface area contributed by atoms with E-state index >= 15 is 0 Å². The zero-order valence-electron chi connectivity index (χ0n) is 18.7. The maximum absolute atomic E-state index is 12.7. The number of sulfonamides is 1. The molecule has 0 saturated carbocycles. The highest BCUT2D eigenvalue weighted by Crippen LogP contribution is 2.32. The summed E-state index contributed by atoms with van der Waals surface area (Å²) in [5.41, 5.74) is 3.49. The highest BCUT2D eigenvalue weighted by atomic mass is 32.2. The molecular formula is C22H28N2O6S. The van der Waals surface area contributed by atoms with Gasteiger partial charge in [-0.3, -0.25) is 14.9 Å². The Morgan fingerprint density at radius 1 is 1.10 bits per heavy atom. The molecule has 0 aromatic heterocycles. The monoisotopic (exact) mass is 448 g/mol. The normalized spacial score (nSPS) is 11.6. The lowest BCUT2D eigenvalue weighted by atomic mass is 9.92. The number of aryl methyl sites for hydroxylation is 2. The lowest BCUT2D eigenvalue weighted by Gasteiger charge is -2.19. The molecule has 2 aromatic carbocycles. The number of nitrogens with zero attached hydrogens (tertiary/aromatic N) is 2. The molecule has 0 amide bonds. The van der Waals surface area contributed by atoms with E-state index in [0.717, 1.165) is 28.3 Å². The van der Waals surface area contributed by atoms with Gasteiger partial charge in [-0.05, 0) is 62.1 Å². The van der Waals surface area contributed by atoms with Gasteiger partial charge in [-0.2, -0.15) is 4.31 Å². The van der Waals surface area contributed by atoms with Crippen LogP contribution in [0, 0.1) is 30.9 Å². The van der Waals surface area contributed by atoms with E-state index in [1.807, 2.05) is 26.8 Å². The zero-order valence-corrected chi connectivity index (χ0v) is 19.5. The van der Waals surface area contributed by atoms with E-state index in [4.69, 9.17) is 4.74 Å². The van der Waals surface area contributed by atoms with Crippen molar-refractivity contribution >= 4 is 21.5 Å². The molecule has 31 heavy (non-hydrogen) atoms. The minimum Gasteiger partial charge on any atom is -0.482 e. The molecule has 0 atom stereocenters. The van der Waals surface area contributed by atoms with Crippen LogP contribution in [0.5, 0.6) is 5.75 Å². The molecule has 0 heterocycles. The fourth-order valence-electron chi connectivity index (χ4n) is 3.78. The van der Waals surface area contributed by atoms with Crippen LogP contribution in [0.3, 0.4) is 0 Å². The number of benzene rings is 2. The molecule has 0 radical (unpaired) electrons. The topological polar surface area (TPSA) is 107 Å². The fraction of sp³-hybridized carbons (Fsp3) is 0.409. The Kier molecular flexibility index (Phi) is 7.56. The van der Waals surface area contributed by atoms with Crippen molar-refractivity contribution in [3.8, 4) is 5.75 Å². The van der Waals surface area contributed by atoms with Gasteiger partial charge in [-0.25, -0.2) is 8.42 Å². The lowest BCUT2D eigenvalue weighted by Crippen LogP contribution is -2.30. The summed E-state index contributed by atoms with van der Waals surface area (Å²) in [5.74, 6) is -0.0968. The number of hydrogen-bond donors (Lipinski definition) is 0. The highest BCUT2D eigenvalue weighted by Gasteiger charge is 2.26. The van der Waals surface area contributed by atoms with E-state index in [1.165, 1.54) is 23.4 Å². The molecule has 2 rings (SSSR count). The van der Waals surface area contributed by atoms with Crippen molar-refractivity contribution in [3.05, 3.63) is 62.2 Å². The highest BCUT2D eigenvalue weighted by molar-refractivity contribution is 7.89. The Balaban J connectivity index is 2.45. The number of carbonyl (C=O) groups is 1. The molecule has 0 bridgehead atoms. The summed E-state index contributed by atoms with van der Waals surface area (Å²) in [6, 6.07) is 5.53. The summed E-state index contributed by atoms with van der Waals surface area (Å²) in [6.45, 7) is 11.0. The molecule has 0 aliphatic heterocycles. The van der Waals surface area contributed by atoms with Crippen LogP contribution in [0.25, 0.3) is 0 Å². The lowest BCUT2D eigenvalue weighted by molar-refractivity contribution is -0.386. The summed E-state index contributed by atoms with van der Waals surface area (Å²) in [5, 5.41) is 11.6. The van der Waals surface area contributed by atoms with Gasteiger partial charge in [-0.15, -0.1) is 0 Å². The average molecular weight is 449 g/mol. The van der Waals surface area contributed by atoms with Crippen molar-refractivity contribution in [1.29, 1.82) is 0 Å². The Morgan fingerprint density at radius 2 is 1.71 bits per heavy atom. The molecule has 9 heteroatoms. The molecule has 0 fully saturated rings. The molecule has 0 aliphatic rings. The molecule has 0 unspecified atom stereocenters. The number of carbonyl (C=O) groups excluding carboxylic acids is 1. The minimum atomic E-state index is -3.84. The van der Waals surface area contributed by atoms with E-state index in [2.05, 4.69) is 0 Å². The van der Waals surface area contributed by atoms with Crippen LogP contribution in [-0.2, 0) is 16.6 Å². The van der Waals surface area contributed by atoms with E-state index in [0.29, 0.717) is 5.56 Å². The van der Waals surface area contributed by atoms with E-state index in [-0.39, 0.29) is 36.1 Å². The van der Waals surface area contributed by atoms with Gasteiger partial charge in [0.25, 0.3) is 0 Å². The number of nitro benzene ring substituents is 1. The summed E-state index contributed by atoms with van der Waals surface area (Å²) < 4.78 is 32.4. The van der Waals surface area contributed by atoms with Gasteiger partial charge >= 0.3 is 5.69 Å². The van der Waals surface area contributed by atoms with Gasteiger partial charge in [0.2, 0.25) is 10.0 Å². The second-order valence-corrected chi connectivity index (χ2v) is 9.25. The van der Waals surface area contributed by atoms with Crippen molar-refractivity contribution in [2.45, 2.75) is 53.0 Å². The first-order valence-corrected chi connectivity index (χ1v) is 11.4. The summed E-state index contributed by atoms with van der Waals surface area (Å²) in [6.07, 6.45) is 0. The third-order valence-electron chi connectivity index (χ3n) is 5.33. The summed E-state index contributed by atoms with van der Waals surface area (Å²) in [7, 11) is -3.84. The fourth-order valence-corrected chi connectivity index (χ4v) is 5.25. The Hall–Kier alpha value is -2.78. The first-order valence-electron chi connectivity index (χ1n) is 9.97. The molecule has 0 spiro atoms. The first-order chi connectivity index (χ1) is 14.4. The van der Waals surface area contributed by atoms with Crippen molar-refractivity contribution in [2.75, 3.05) is 13.1 Å². The Bertz CT molecular complexity index is 1120. The summed E-state index contributed by atoms with van der Waals surface area (Å²) >= 11 is 0. The van der Waals surface area contributed by atoms with Gasteiger partial charge in [-0.1, -0.05) is 19.9 Å². The standard InChI is InChI=1S/C22H28N2O6S/c1-7-23(8-2)31(28,29)18-9-10-21(20(12-18)24(26)27)30-13-19-14(3)11-15(4)22(16(19)5)17(6)25/h9-12H,7-8,13H2,1-6H3. The maximum atomic E-state index is 12.7. The van der Waals surface area contributed by atoms with Crippen molar-refractivity contribution in [1.82, 2.24) is 4.31 Å². The maximum Gasteiger partial charge on any atom is 0.312 e. The second-order valence-electron chi connectivity index (χ2n) is 7.31. The van der Waals surface area contributed by atoms with Crippen LogP contribution in [0.4, 0.5) is 5.69 Å². The third kappa shape index (κ3) is 4.94. The molecule has 0 aliphatic carbocycles. The number of ether oxygens (including phenoxy) is 1. The van der Waals surface area contributed by atoms with E-state index in [1.54, 1.807) is 13.8 Å². The molecule has 168 valence electrons. The van der Waals surface area contributed by atoms with Crippen molar-refractivity contribution in [3.63, 3.8) is 0 Å². The third-order valence-corrected chi connectivity index (χ3v) is 7.37. The Labute approximate surface area is 183 Å². The van der Waals surface area contributed by atoms with Gasteiger partial charge in [0.15, 0.2) is 11.5 Å². The van der Waals surface area contributed by atoms with Crippen molar-refractivity contribution in [2.24, 2.45) is 0 Å².